The Kier molecular flexibility index (Phi) is 2.68. The van der Waals surface area contributed by atoms with Gasteiger partial charge in [-0.2, -0.15) is 0 Å². The van der Waals surface area contributed by atoms with Crippen molar-refractivity contribution < 1.29 is 9.90 Å². The van der Waals surface area contributed by atoms with Gasteiger partial charge in [-0.1, -0.05) is 22.0 Å². The van der Waals surface area contributed by atoms with Gasteiger partial charge in [0.05, 0.1) is 5.56 Å². The zero-order valence-corrected chi connectivity index (χ0v) is 11.8. The second-order valence-electron chi connectivity index (χ2n) is 4.26. The van der Waals surface area contributed by atoms with Crippen molar-refractivity contribution in [2.75, 3.05) is 5.73 Å². The number of nitrogens with two attached hydrogens (primary N) is 1. The van der Waals surface area contributed by atoms with Gasteiger partial charge in [0.1, 0.15) is 5.00 Å². The minimum Gasteiger partial charge on any atom is -0.478 e. The van der Waals surface area contributed by atoms with Crippen LogP contribution in [-0.2, 0) is 12.8 Å². The summed E-state index contributed by atoms with van der Waals surface area (Å²) in [4.78, 5) is 12.3. The molecule has 0 aliphatic heterocycles. The Bertz CT molecular complexity index is 663. The Morgan fingerprint density at radius 2 is 2.17 bits per heavy atom. The molecule has 0 amide bonds. The molecular weight excluding hydrogens is 314 g/mol. The molecule has 1 heterocycles. The summed E-state index contributed by atoms with van der Waals surface area (Å²) in [5, 5.41) is 9.63. The fraction of sp³-hybridized carbons (Fsp3) is 0.154. The first-order valence-corrected chi connectivity index (χ1v) is 7.12. The normalized spacial score (nSPS) is 12.9. The molecule has 0 bridgehead atoms. The lowest BCUT2D eigenvalue weighted by molar-refractivity contribution is 0.0697. The van der Waals surface area contributed by atoms with Crippen LogP contribution in [-0.4, -0.2) is 11.1 Å². The van der Waals surface area contributed by atoms with E-state index in [0.717, 1.165) is 33.3 Å². The van der Waals surface area contributed by atoms with E-state index in [1.54, 1.807) is 0 Å². The molecule has 0 unspecified atom stereocenters. The minimum atomic E-state index is -0.925. The summed E-state index contributed by atoms with van der Waals surface area (Å²) in [6.45, 7) is 0. The first-order valence-electron chi connectivity index (χ1n) is 5.51. The fourth-order valence-electron chi connectivity index (χ4n) is 2.43. The largest absolute Gasteiger partial charge is 0.478 e. The maximum atomic E-state index is 11.2. The molecule has 3 rings (SSSR count). The molecule has 1 aliphatic rings. The number of anilines is 1. The quantitative estimate of drug-likeness (QED) is 0.843. The third kappa shape index (κ3) is 1.66. The van der Waals surface area contributed by atoms with Gasteiger partial charge in [-0.15, -0.1) is 11.3 Å². The summed E-state index contributed by atoms with van der Waals surface area (Å²) in [6.07, 6.45) is 1.60. The van der Waals surface area contributed by atoms with E-state index in [4.69, 9.17) is 5.73 Å². The first kappa shape index (κ1) is 11.7. The molecule has 18 heavy (non-hydrogen) atoms. The fourth-order valence-corrected chi connectivity index (χ4v) is 4.00. The van der Waals surface area contributed by atoms with Gasteiger partial charge in [0, 0.05) is 9.35 Å². The number of thiophene rings is 1. The van der Waals surface area contributed by atoms with E-state index < -0.39 is 5.97 Å². The van der Waals surface area contributed by atoms with Crippen LogP contribution in [0.3, 0.4) is 0 Å². The van der Waals surface area contributed by atoms with Crippen molar-refractivity contribution >= 4 is 38.2 Å². The summed E-state index contributed by atoms with van der Waals surface area (Å²) < 4.78 is 1.05. The average molecular weight is 324 g/mol. The van der Waals surface area contributed by atoms with Gasteiger partial charge >= 0.3 is 5.97 Å². The Morgan fingerprint density at radius 3 is 2.89 bits per heavy atom. The molecule has 3 N–H and O–H groups in total. The molecule has 1 aromatic heterocycles. The van der Waals surface area contributed by atoms with Crippen LogP contribution in [0.1, 0.15) is 21.5 Å². The molecule has 0 saturated heterocycles. The molecule has 1 aliphatic carbocycles. The molecule has 0 atom stereocenters. The second-order valence-corrected chi connectivity index (χ2v) is 6.22. The SMILES string of the molecule is Nc1sc2c(c1C(=O)O)CCc1cc(Br)ccc1-2. The van der Waals surface area contributed by atoms with E-state index in [1.807, 2.05) is 12.1 Å². The van der Waals surface area contributed by atoms with Crippen LogP contribution in [0, 0.1) is 0 Å². The van der Waals surface area contributed by atoms with Gasteiger partial charge in [-0.25, -0.2) is 4.79 Å². The van der Waals surface area contributed by atoms with Crippen molar-refractivity contribution in [1.82, 2.24) is 0 Å². The highest BCUT2D eigenvalue weighted by molar-refractivity contribution is 9.10. The predicted molar refractivity (Wildman–Crippen MR) is 76.2 cm³/mol. The monoisotopic (exact) mass is 323 g/mol. The summed E-state index contributed by atoms with van der Waals surface area (Å²) >= 11 is 4.83. The molecule has 0 saturated carbocycles. The first-order chi connectivity index (χ1) is 8.58. The van der Waals surface area contributed by atoms with E-state index in [9.17, 15) is 9.90 Å². The number of halogens is 1. The van der Waals surface area contributed by atoms with Gasteiger partial charge in [0.15, 0.2) is 0 Å². The number of carbonyl (C=O) groups is 1. The number of aromatic carboxylic acids is 1. The maximum Gasteiger partial charge on any atom is 0.338 e. The second kappa shape index (κ2) is 4.10. The molecule has 0 radical (unpaired) electrons. The van der Waals surface area contributed by atoms with Gasteiger partial charge < -0.3 is 10.8 Å². The molecule has 1 aromatic carbocycles. The van der Waals surface area contributed by atoms with Gasteiger partial charge in [-0.05, 0) is 41.7 Å². The van der Waals surface area contributed by atoms with Crippen molar-refractivity contribution in [3.63, 3.8) is 0 Å². The molecule has 2 aromatic rings. The van der Waals surface area contributed by atoms with Crippen LogP contribution >= 0.6 is 27.3 Å². The number of rotatable bonds is 1. The summed E-state index contributed by atoms with van der Waals surface area (Å²) in [6, 6.07) is 6.10. The topological polar surface area (TPSA) is 63.3 Å². The van der Waals surface area contributed by atoms with Crippen LogP contribution in [0.2, 0.25) is 0 Å². The average Bonchev–Trinajstić information content (AvgIpc) is 2.64. The highest BCUT2D eigenvalue weighted by Crippen LogP contribution is 2.44. The van der Waals surface area contributed by atoms with E-state index >= 15 is 0 Å². The van der Waals surface area contributed by atoms with Crippen molar-refractivity contribution in [2.24, 2.45) is 0 Å². The Labute approximate surface area is 116 Å². The molecule has 0 fully saturated rings. The lowest BCUT2D eigenvalue weighted by Crippen LogP contribution is -2.07. The lowest BCUT2D eigenvalue weighted by Gasteiger charge is -2.16. The third-order valence-electron chi connectivity index (χ3n) is 3.20. The standard InChI is InChI=1S/C13H10BrNO2S/c14-7-2-4-8-6(5-7)1-3-9-10(13(16)17)12(15)18-11(8)9/h2,4-5H,1,3,15H2,(H,16,17). The molecule has 0 spiro atoms. The van der Waals surface area contributed by atoms with E-state index in [2.05, 4.69) is 22.0 Å². The number of fused-ring (bicyclic) bond motifs is 3. The molecule has 92 valence electrons. The maximum absolute atomic E-state index is 11.2. The predicted octanol–water partition coefficient (Wildman–Crippen LogP) is 3.56. The summed E-state index contributed by atoms with van der Waals surface area (Å²) in [5.74, 6) is -0.925. The highest BCUT2D eigenvalue weighted by Gasteiger charge is 2.26. The molecular formula is C13H10BrNO2S. The number of benzene rings is 1. The van der Waals surface area contributed by atoms with E-state index in [-0.39, 0.29) is 0 Å². The van der Waals surface area contributed by atoms with Crippen LogP contribution in [0.5, 0.6) is 0 Å². The van der Waals surface area contributed by atoms with Crippen LogP contribution < -0.4 is 5.73 Å². The van der Waals surface area contributed by atoms with Crippen molar-refractivity contribution in [3.8, 4) is 10.4 Å². The molecule has 3 nitrogen and oxygen atoms in total. The number of carboxylic acids is 1. The van der Waals surface area contributed by atoms with E-state index in [1.165, 1.54) is 16.9 Å². The van der Waals surface area contributed by atoms with Crippen molar-refractivity contribution in [1.29, 1.82) is 0 Å². The van der Waals surface area contributed by atoms with Gasteiger partial charge in [-0.3, -0.25) is 0 Å². The lowest BCUT2D eigenvalue weighted by atomic mass is 9.89. The van der Waals surface area contributed by atoms with Crippen LogP contribution in [0.25, 0.3) is 10.4 Å². The van der Waals surface area contributed by atoms with Crippen LogP contribution in [0.15, 0.2) is 22.7 Å². The minimum absolute atomic E-state index is 0.295. The summed E-state index contributed by atoms with van der Waals surface area (Å²) in [7, 11) is 0. The zero-order valence-electron chi connectivity index (χ0n) is 9.37. The van der Waals surface area contributed by atoms with Gasteiger partial charge in [0.25, 0.3) is 0 Å². The molecule has 5 heteroatoms. The highest BCUT2D eigenvalue weighted by atomic mass is 79.9. The Hall–Kier alpha value is -1.33. The number of carboxylic acid groups (broad SMARTS) is 1. The summed E-state index contributed by atoms with van der Waals surface area (Å²) in [5.41, 5.74) is 9.38. The third-order valence-corrected chi connectivity index (χ3v) is 4.79. The smallest absolute Gasteiger partial charge is 0.338 e. The van der Waals surface area contributed by atoms with Crippen molar-refractivity contribution in [2.45, 2.75) is 12.8 Å². The van der Waals surface area contributed by atoms with Crippen molar-refractivity contribution in [3.05, 3.63) is 39.4 Å². The Morgan fingerprint density at radius 1 is 1.39 bits per heavy atom. The number of aryl methyl sites for hydroxylation is 1. The Balaban J connectivity index is 2.26. The van der Waals surface area contributed by atoms with Gasteiger partial charge in [0.2, 0.25) is 0 Å². The van der Waals surface area contributed by atoms with Crippen LogP contribution in [0.4, 0.5) is 5.00 Å². The number of nitrogen functional groups attached to an aromatic ring is 1. The zero-order chi connectivity index (χ0) is 12.9. The number of hydrogen-bond acceptors (Lipinski definition) is 3. The van der Waals surface area contributed by atoms with E-state index in [0.29, 0.717) is 10.6 Å². The number of hydrogen-bond donors (Lipinski definition) is 2.